The minimum Gasteiger partial charge on any atom is -0.454 e. The van der Waals surface area contributed by atoms with Crippen LogP contribution in [0.1, 0.15) is 163 Å². The molecule has 39 heavy (non-hydrogen) atoms. The Balaban J connectivity index is 4.02. The van der Waals surface area contributed by atoms with Gasteiger partial charge < -0.3 is 9.47 Å². The van der Waals surface area contributed by atoms with E-state index in [2.05, 4.69) is 20.4 Å². The highest BCUT2D eigenvalue weighted by atomic mass is 16.6. The molecular formula is C33H58O6. The van der Waals surface area contributed by atoms with Crippen LogP contribution in [0.3, 0.4) is 0 Å². The van der Waals surface area contributed by atoms with Crippen molar-refractivity contribution in [2.45, 2.75) is 175 Å². The molecule has 0 amide bonds. The molecule has 0 aromatic carbocycles. The van der Waals surface area contributed by atoms with Crippen molar-refractivity contribution < 1.29 is 28.7 Å². The molecule has 0 aliphatic carbocycles. The highest BCUT2D eigenvalue weighted by molar-refractivity contribution is 5.95. The van der Waals surface area contributed by atoms with Gasteiger partial charge >= 0.3 is 11.9 Å². The third kappa shape index (κ3) is 21.5. The Bertz CT molecular complexity index is 698. The second-order valence-corrected chi connectivity index (χ2v) is 11.0. The van der Waals surface area contributed by atoms with E-state index in [9.17, 15) is 19.2 Å². The average molecular weight is 551 g/mol. The lowest BCUT2D eigenvalue weighted by molar-refractivity contribution is -0.155. The van der Waals surface area contributed by atoms with Crippen LogP contribution >= 0.6 is 0 Å². The van der Waals surface area contributed by atoms with E-state index in [0.29, 0.717) is 12.8 Å². The summed E-state index contributed by atoms with van der Waals surface area (Å²) in [5, 5.41) is 0. The summed E-state index contributed by atoms with van der Waals surface area (Å²) in [7, 11) is 0. The van der Waals surface area contributed by atoms with Crippen LogP contribution in [0.5, 0.6) is 0 Å². The van der Waals surface area contributed by atoms with E-state index < -0.39 is 24.1 Å². The summed E-state index contributed by atoms with van der Waals surface area (Å²) in [5.41, 5.74) is -0.0821. The number of hydrogen-bond donors (Lipinski definition) is 0. The van der Waals surface area contributed by atoms with Gasteiger partial charge in [-0.1, -0.05) is 123 Å². The Morgan fingerprint density at radius 1 is 0.538 bits per heavy atom. The minimum absolute atomic E-state index is 0.0821. The largest absolute Gasteiger partial charge is 0.454 e. The van der Waals surface area contributed by atoms with E-state index in [0.717, 1.165) is 38.5 Å². The first-order valence-corrected chi connectivity index (χ1v) is 15.9. The fraction of sp³-hybridized carbons (Fsp3) is 0.818. The van der Waals surface area contributed by atoms with Crippen molar-refractivity contribution in [3.63, 3.8) is 0 Å². The van der Waals surface area contributed by atoms with Gasteiger partial charge in [-0.25, -0.2) is 4.79 Å². The number of carbonyl (C=O) groups is 4. The SMILES string of the molecule is C=C(CC(=O)OC(C)C(=O)CCCCCCCCCCC)C(=O)OC(C)C(=O)CCCCCCCCCCC. The van der Waals surface area contributed by atoms with Crippen LogP contribution in [-0.2, 0) is 28.7 Å². The fourth-order valence-corrected chi connectivity index (χ4v) is 4.49. The first-order valence-electron chi connectivity index (χ1n) is 15.9. The molecule has 0 aromatic rings. The van der Waals surface area contributed by atoms with Gasteiger partial charge in [0.2, 0.25) is 0 Å². The van der Waals surface area contributed by atoms with E-state index in [1.165, 1.54) is 77.0 Å². The average Bonchev–Trinajstić information content (AvgIpc) is 2.90. The molecule has 0 bridgehead atoms. The molecular weight excluding hydrogens is 492 g/mol. The number of Topliss-reactive ketones (excluding diaryl/α,β-unsaturated/α-hetero) is 2. The molecule has 2 atom stereocenters. The number of carbonyl (C=O) groups excluding carboxylic acids is 4. The maximum atomic E-state index is 12.3. The lowest BCUT2D eigenvalue weighted by Crippen LogP contribution is -2.27. The molecule has 0 radical (unpaired) electrons. The first-order chi connectivity index (χ1) is 18.7. The van der Waals surface area contributed by atoms with Gasteiger partial charge in [0.25, 0.3) is 0 Å². The summed E-state index contributed by atoms with van der Waals surface area (Å²) < 4.78 is 10.4. The van der Waals surface area contributed by atoms with Crippen molar-refractivity contribution in [2.75, 3.05) is 0 Å². The lowest BCUT2D eigenvalue weighted by atomic mass is 10.0. The molecule has 0 spiro atoms. The number of esters is 2. The zero-order valence-electron chi connectivity index (χ0n) is 25.7. The number of rotatable bonds is 27. The van der Waals surface area contributed by atoms with Gasteiger partial charge in [-0.05, 0) is 26.7 Å². The topological polar surface area (TPSA) is 86.7 Å². The maximum absolute atomic E-state index is 12.3. The first kappa shape index (κ1) is 37.0. The predicted octanol–water partition coefficient (Wildman–Crippen LogP) is 8.78. The van der Waals surface area contributed by atoms with Gasteiger partial charge in [-0.3, -0.25) is 14.4 Å². The highest BCUT2D eigenvalue weighted by Crippen LogP contribution is 2.14. The third-order valence-corrected chi connectivity index (χ3v) is 7.20. The summed E-state index contributed by atoms with van der Waals surface area (Å²) in [6, 6.07) is 0. The predicted molar refractivity (Wildman–Crippen MR) is 159 cm³/mol. The van der Waals surface area contributed by atoms with E-state index in [1.54, 1.807) is 13.8 Å². The summed E-state index contributed by atoms with van der Waals surface area (Å²) in [4.78, 5) is 49.1. The zero-order chi connectivity index (χ0) is 29.3. The fourth-order valence-electron chi connectivity index (χ4n) is 4.49. The molecule has 2 unspecified atom stereocenters. The molecule has 0 rings (SSSR count). The molecule has 0 aliphatic heterocycles. The Hall–Kier alpha value is -1.98. The van der Waals surface area contributed by atoms with Gasteiger partial charge in [0.15, 0.2) is 23.8 Å². The van der Waals surface area contributed by atoms with Crippen LogP contribution in [-0.4, -0.2) is 35.7 Å². The van der Waals surface area contributed by atoms with Crippen LogP contribution in [0, 0.1) is 0 Å². The molecule has 6 nitrogen and oxygen atoms in total. The number of ketones is 2. The monoisotopic (exact) mass is 550 g/mol. The summed E-state index contributed by atoms with van der Waals surface area (Å²) >= 11 is 0. The van der Waals surface area contributed by atoms with Crippen LogP contribution in [0.15, 0.2) is 12.2 Å². The molecule has 226 valence electrons. The van der Waals surface area contributed by atoms with E-state index in [1.807, 2.05) is 0 Å². The second-order valence-electron chi connectivity index (χ2n) is 11.0. The minimum atomic E-state index is -0.879. The molecule has 0 aliphatic rings. The quantitative estimate of drug-likeness (QED) is 0.0577. The van der Waals surface area contributed by atoms with Crippen molar-refractivity contribution >= 4 is 23.5 Å². The molecule has 0 N–H and O–H groups in total. The lowest BCUT2D eigenvalue weighted by Gasteiger charge is -2.15. The molecule has 0 fully saturated rings. The van der Waals surface area contributed by atoms with Crippen molar-refractivity contribution in [3.8, 4) is 0 Å². The van der Waals surface area contributed by atoms with Crippen LogP contribution in [0.4, 0.5) is 0 Å². The van der Waals surface area contributed by atoms with Crippen molar-refractivity contribution in [3.05, 3.63) is 12.2 Å². The van der Waals surface area contributed by atoms with Crippen molar-refractivity contribution in [1.82, 2.24) is 0 Å². The molecule has 0 saturated carbocycles. The smallest absolute Gasteiger partial charge is 0.334 e. The zero-order valence-corrected chi connectivity index (χ0v) is 25.7. The summed E-state index contributed by atoms with van der Waals surface area (Å²) in [6.07, 6.45) is 19.6. The molecule has 0 heterocycles. The van der Waals surface area contributed by atoms with Gasteiger partial charge in [-0.15, -0.1) is 0 Å². The Morgan fingerprint density at radius 3 is 1.26 bits per heavy atom. The Labute approximate surface area is 239 Å². The van der Waals surface area contributed by atoms with E-state index >= 15 is 0 Å². The Morgan fingerprint density at radius 2 is 0.872 bits per heavy atom. The standard InChI is InChI=1S/C33H58O6/c1-6-8-10-12-14-16-18-20-22-24-30(34)28(4)38-32(36)26-27(3)33(37)39-29(5)31(35)25-23-21-19-17-15-13-11-9-7-2/h28-29H,3,6-26H2,1-2,4-5H3. The van der Waals surface area contributed by atoms with Gasteiger partial charge in [0.1, 0.15) is 0 Å². The highest BCUT2D eigenvalue weighted by Gasteiger charge is 2.23. The summed E-state index contributed by atoms with van der Waals surface area (Å²) in [5.74, 6) is -1.72. The Kier molecular flexibility index (Phi) is 23.7. The molecule has 6 heteroatoms. The normalized spacial score (nSPS) is 12.5. The van der Waals surface area contributed by atoms with Crippen LogP contribution < -0.4 is 0 Å². The molecule has 0 aromatic heterocycles. The maximum Gasteiger partial charge on any atom is 0.334 e. The second kappa shape index (κ2) is 25.0. The number of ether oxygens (including phenoxy) is 2. The van der Waals surface area contributed by atoms with E-state index in [4.69, 9.17) is 9.47 Å². The van der Waals surface area contributed by atoms with Gasteiger partial charge in [0.05, 0.1) is 6.42 Å². The van der Waals surface area contributed by atoms with Crippen LogP contribution in [0.2, 0.25) is 0 Å². The summed E-state index contributed by atoms with van der Waals surface area (Å²) in [6.45, 7) is 11.1. The van der Waals surface area contributed by atoms with E-state index in [-0.39, 0.29) is 23.6 Å². The van der Waals surface area contributed by atoms with Gasteiger partial charge in [0, 0.05) is 18.4 Å². The van der Waals surface area contributed by atoms with Gasteiger partial charge in [-0.2, -0.15) is 0 Å². The number of hydrogen-bond acceptors (Lipinski definition) is 6. The number of unbranched alkanes of at least 4 members (excludes halogenated alkanes) is 16. The third-order valence-electron chi connectivity index (χ3n) is 7.20. The van der Waals surface area contributed by atoms with Crippen molar-refractivity contribution in [1.29, 1.82) is 0 Å². The van der Waals surface area contributed by atoms with Crippen molar-refractivity contribution in [2.24, 2.45) is 0 Å². The molecule has 0 saturated heterocycles. The van der Waals surface area contributed by atoms with Crippen LogP contribution in [0.25, 0.3) is 0 Å².